The molecule has 3 rings (SSSR count). The molecule has 0 bridgehead atoms. The summed E-state index contributed by atoms with van der Waals surface area (Å²) in [6.07, 6.45) is -0.391. The molecule has 0 saturated carbocycles. The summed E-state index contributed by atoms with van der Waals surface area (Å²) in [6.45, 7) is -0.106. The van der Waals surface area contributed by atoms with E-state index in [1.807, 2.05) is 6.07 Å². The van der Waals surface area contributed by atoms with Gasteiger partial charge in [0.15, 0.2) is 11.5 Å². The molecule has 2 aliphatic rings. The van der Waals surface area contributed by atoms with Crippen molar-refractivity contribution in [2.24, 2.45) is 0 Å². The molecular weight excluding hydrogens is 318 g/mol. The number of hydrogen-bond acceptors (Lipinski definition) is 6. The predicted molar refractivity (Wildman–Crippen MR) is 79.2 cm³/mol. The van der Waals surface area contributed by atoms with E-state index >= 15 is 0 Å². The third kappa shape index (κ3) is 2.87. The molecule has 1 aromatic rings. The molecule has 0 aliphatic carbocycles. The molecule has 0 spiro atoms. The quantitative estimate of drug-likeness (QED) is 0.581. The van der Waals surface area contributed by atoms with E-state index in [4.69, 9.17) is 9.47 Å². The summed E-state index contributed by atoms with van der Waals surface area (Å²) < 4.78 is 11.2. The number of urea groups is 1. The van der Waals surface area contributed by atoms with Gasteiger partial charge in [-0.15, -0.1) is 0 Å². The number of imide groups is 2. The van der Waals surface area contributed by atoms with Gasteiger partial charge in [-0.05, 0) is 12.1 Å². The number of amides is 5. The van der Waals surface area contributed by atoms with E-state index < -0.39 is 36.4 Å². The number of carbonyl (C=O) groups is 4. The largest absolute Gasteiger partial charge is 0.486 e. The van der Waals surface area contributed by atoms with E-state index in [-0.39, 0.29) is 13.2 Å². The van der Waals surface area contributed by atoms with Crippen molar-refractivity contribution in [2.45, 2.75) is 6.10 Å². The number of ether oxygens (including phenoxy) is 2. The van der Waals surface area contributed by atoms with E-state index in [0.29, 0.717) is 21.3 Å². The number of likely N-dealkylation sites (N-methyl/N-ethyl adjacent to an activating group) is 1. The normalized spacial score (nSPS) is 19.7. The standard InChI is InChI=1S/C15H15N3O6/c1-17-13(20)14(21)18(15(17)22)7-12(19)16-6-9-8-23-10-4-2-3-5-11(10)24-9/h2-5,9H,6-8H2,1H3,(H,16,19)/t9-/m0/s1. The zero-order valence-electron chi connectivity index (χ0n) is 12.9. The van der Waals surface area contributed by atoms with Crippen LogP contribution in [0.1, 0.15) is 0 Å². The van der Waals surface area contributed by atoms with Crippen molar-refractivity contribution < 1.29 is 28.7 Å². The molecule has 1 saturated heterocycles. The number of nitrogens with one attached hydrogen (secondary N) is 1. The molecule has 126 valence electrons. The second kappa shape index (κ2) is 6.19. The van der Waals surface area contributed by atoms with Crippen LogP contribution in [0.2, 0.25) is 0 Å². The minimum Gasteiger partial charge on any atom is -0.486 e. The fraction of sp³-hybridized carbons (Fsp3) is 0.333. The molecule has 24 heavy (non-hydrogen) atoms. The van der Waals surface area contributed by atoms with Gasteiger partial charge in [0.05, 0.1) is 6.54 Å². The lowest BCUT2D eigenvalue weighted by Gasteiger charge is -2.26. The molecule has 2 aliphatic heterocycles. The van der Waals surface area contributed by atoms with Gasteiger partial charge in [0.25, 0.3) is 0 Å². The van der Waals surface area contributed by atoms with Crippen molar-refractivity contribution in [1.82, 2.24) is 15.1 Å². The Labute approximate surface area is 137 Å². The highest BCUT2D eigenvalue weighted by atomic mass is 16.6. The van der Waals surface area contributed by atoms with Crippen LogP contribution in [0.3, 0.4) is 0 Å². The first-order valence-corrected chi connectivity index (χ1v) is 7.26. The van der Waals surface area contributed by atoms with Crippen LogP contribution in [-0.2, 0) is 14.4 Å². The van der Waals surface area contributed by atoms with Crippen LogP contribution >= 0.6 is 0 Å². The predicted octanol–water partition coefficient (Wildman–Crippen LogP) is -0.637. The number of para-hydroxylation sites is 2. The molecule has 1 N–H and O–H groups in total. The highest BCUT2D eigenvalue weighted by Gasteiger charge is 2.43. The maximum Gasteiger partial charge on any atom is 0.334 e. The Morgan fingerprint density at radius 1 is 1.21 bits per heavy atom. The Morgan fingerprint density at radius 3 is 2.58 bits per heavy atom. The summed E-state index contributed by atoms with van der Waals surface area (Å²) in [5.74, 6) is -1.31. The van der Waals surface area contributed by atoms with Crippen LogP contribution in [-0.4, -0.2) is 66.4 Å². The molecule has 1 aromatic carbocycles. The number of fused-ring (bicyclic) bond motifs is 1. The maximum atomic E-state index is 11.9. The van der Waals surface area contributed by atoms with Crippen molar-refractivity contribution in [3.05, 3.63) is 24.3 Å². The first-order valence-electron chi connectivity index (χ1n) is 7.26. The average Bonchev–Trinajstić information content (AvgIpc) is 2.77. The zero-order valence-corrected chi connectivity index (χ0v) is 12.9. The highest BCUT2D eigenvalue weighted by Crippen LogP contribution is 2.30. The molecule has 1 fully saturated rings. The van der Waals surface area contributed by atoms with E-state index in [0.717, 1.165) is 0 Å². The van der Waals surface area contributed by atoms with Gasteiger partial charge >= 0.3 is 17.8 Å². The first-order chi connectivity index (χ1) is 11.5. The van der Waals surface area contributed by atoms with E-state index in [1.54, 1.807) is 18.2 Å². The van der Waals surface area contributed by atoms with Gasteiger partial charge in [-0.1, -0.05) is 12.1 Å². The highest BCUT2D eigenvalue weighted by molar-refractivity contribution is 6.44. The van der Waals surface area contributed by atoms with Crippen LogP contribution in [0.5, 0.6) is 11.5 Å². The fourth-order valence-electron chi connectivity index (χ4n) is 2.34. The summed E-state index contributed by atoms with van der Waals surface area (Å²) in [5, 5.41) is 2.56. The average molecular weight is 333 g/mol. The number of benzene rings is 1. The lowest BCUT2D eigenvalue weighted by Crippen LogP contribution is -2.45. The molecule has 9 heteroatoms. The molecule has 9 nitrogen and oxygen atoms in total. The van der Waals surface area contributed by atoms with Crippen LogP contribution in [0.4, 0.5) is 4.79 Å². The minimum atomic E-state index is -1.01. The minimum absolute atomic E-state index is 0.146. The molecule has 0 unspecified atom stereocenters. The summed E-state index contributed by atoms with van der Waals surface area (Å²) in [6, 6.07) is 6.36. The maximum absolute atomic E-state index is 11.9. The molecule has 5 amide bonds. The second-order valence-electron chi connectivity index (χ2n) is 5.34. The number of carbonyl (C=O) groups excluding carboxylic acids is 4. The summed E-state index contributed by atoms with van der Waals surface area (Å²) in [5.41, 5.74) is 0. The fourth-order valence-corrected chi connectivity index (χ4v) is 2.34. The van der Waals surface area contributed by atoms with Gasteiger partial charge in [-0.3, -0.25) is 19.3 Å². The van der Waals surface area contributed by atoms with E-state index in [2.05, 4.69) is 5.32 Å². The van der Waals surface area contributed by atoms with Crippen molar-refractivity contribution in [3.8, 4) is 11.5 Å². The Kier molecular flexibility index (Phi) is 4.07. The van der Waals surface area contributed by atoms with Gasteiger partial charge in [0, 0.05) is 7.05 Å². The monoisotopic (exact) mass is 333 g/mol. The number of rotatable bonds is 4. The smallest absolute Gasteiger partial charge is 0.334 e. The molecule has 1 atom stereocenters. The topological polar surface area (TPSA) is 105 Å². The van der Waals surface area contributed by atoms with Crippen molar-refractivity contribution in [1.29, 1.82) is 0 Å². The van der Waals surface area contributed by atoms with Crippen LogP contribution in [0, 0.1) is 0 Å². The van der Waals surface area contributed by atoms with Gasteiger partial charge in [-0.25, -0.2) is 9.69 Å². The van der Waals surface area contributed by atoms with Crippen molar-refractivity contribution in [2.75, 3.05) is 26.7 Å². The summed E-state index contributed by atoms with van der Waals surface area (Å²) >= 11 is 0. The molecule has 0 radical (unpaired) electrons. The molecular formula is C15H15N3O6. The number of hydrogen-bond donors (Lipinski definition) is 1. The SMILES string of the molecule is CN1C(=O)C(=O)N(CC(=O)NC[C@H]2COc3ccccc3O2)C1=O. The van der Waals surface area contributed by atoms with Crippen molar-refractivity contribution in [3.63, 3.8) is 0 Å². The van der Waals surface area contributed by atoms with Crippen LogP contribution in [0.25, 0.3) is 0 Å². The lowest BCUT2D eigenvalue weighted by atomic mass is 10.2. The third-order valence-corrected chi connectivity index (χ3v) is 3.65. The molecule has 2 heterocycles. The third-order valence-electron chi connectivity index (χ3n) is 3.65. The zero-order chi connectivity index (χ0) is 17.3. The van der Waals surface area contributed by atoms with E-state index in [1.165, 1.54) is 7.05 Å². The second-order valence-corrected chi connectivity index (χ2v) is 5.34. The summed E-state index contributed by atoms with van der Waals surface area (Å²) in [4.78, 5) is 47.8. The van der Waals surface area contributed by atoms with Crippen LogP contribution in [0.15, 0.2) is 24.3 Å². The van der Waals surface area contributed by atoms with Crippen LogP contribution < -0.4 is 14.8 Å². The van der Waals surface area contributed by atoms with Gasteiger partial charge in [0.2, 0.25) is 5.91 Å². The molecule has 0 aromatic heterocycles. The van der Waals surface area contributed by atoms with Gasteiger partial charge in [0.1, 0.15) is 19.3 Å². The first kappa shape index (κ1) is 15.8. The Morgan fingerprint density at radius 2 is 1.92 bits per heavy atom. The number of nitrogens with zero attached hydrogens (tertiary/aromatic N) is 2. The lowest BCUT2D eigenvalue weighted by molar-refractivity contribution is -0.143. The van der Waals surface area contributed by atoms with Gasteiger partial charge in [-0.2, -0.15) is 0 Å². The Balaban J connectivity index is 1.51. The van der Waals surface area contributed by atoms with E-state index in [9.17, 15) is 19.2 Å². The van der Waals surface area contributed by atoms with Crippen molar-refractivity contribution >= 4 is 23.8 Å². The Bertz CT molecular complexity index is 719. The Hall–Kier alpha value is -3.10. The van der Waals surface area contributed by atoms with Gasteiger partial charge < -0.3 is 14.8 Å². The summed E-state index contributed by atoms with van der Waals surface area (Å²) in [7, 11) is 1.19.